The zero-order chi connectivity index (χ0) is 20.7. The summed E-state index contributed by atoms with van der Waals surface area (Å²) in [5, 5.41) is 17.5. The molecule has 6 nitrogen and oxygen atoms in total. The van der Waals surface area contributed by atoms with Gasteiger partial charge in [-0.2, -0.15) is 0 Å². The molecule has 0 bridgehead atoms. The monoisotopic (exact) mass is 398 g/mol. The van der Waals surface area contributed by atoms with Crippen molar-refractivity contribution < 1.29 is 9.52 Å². The molecule has 1 aliphatic heterocycles. The van der Waals surface area contributed by atoms with Crippen molar-refractivity contribution in [1.29, 1.82) is 0 Å². The van der Waals surface area contributed by atoms with Crippen molar-refractivity contribution in [3.05, 3.63) is 59.5 Å². The van der Waals surface area contributed by atoms with Crippen LogP contribution < -0.4 is 10.6 Å². The summed E-state index contributed by atoms with van der Waals surface area (Å²) in [6.07, 6.45) is 3.72. The molecule has 29 heavy (non-hydrogen) atoms. The first kappa shape index (κ1) is 21.4. The number of likely N-dealkylation sites (tertiary alicyclic amines) is 1. The van der Waals surface area contributed by atoms with Crippen LogP contribution in [0, 0.1) is 6.92 Å². The standard InChI is InChI=1S/C23H34N4O2/c1-4-24-22(25-17-23(3,28)21-10-7-15-29-21)26-20-11-13-27(14-12-20)16-19-9-6-5-8-18(19)2/h5-10,15,20,28H,4,11-14,16-17H2,1-3H3,(H2,24,25,26). The van der Waals surface area contributed by atoms with Gasteiger partial charge in [-0.15, -0.1) is 0 Å². The Kier molecular flexibility index (Phi) is 7.34. The van der Waals surface area contributed by atoms with Crippen LogP contribution in [0.2, 0.25) is 0 Å². The van der Waals surface area contributed by atoms with Crippen molar-refractivity contribution in [2.75, 3.05) is 26.2 Å². The maximum Gasteiger partial charge on any atom is 0.191 e. The first-order valence-corrected chi connectivity index (χ1v) is 10.6. The van der Waals surface area contributed by atoms with Gasteiger partial charge in [0, 0.05) is 32.2 Å². The molecular weight excluding hydrogens is 364 g/mol. The smallest absolute Gasteiger partial charge is 0.191 e. The van der Waals surface area contributed by atoms with Crippen molar-refractivity contribution in [3.63, 3.8) is 0 Å². The fourth-order valence-corrected chi connectivity index (χ4v) is 3.67. The van der Waals surface area contributed by atoms with E-state index in [0.29, 0.717) is 11.8 Å². The van der Waals surface area contributed by atoms with E-state index in [1.807, 2.05) is 6.92 Å². The number of guanidine groups is 1. The van der Waals surface area contributed by atoms with E-state index in [1.165, 1.54) is 11.1 Å². The van der Waals surface area contributed by atoms with Crippen LogP contribution in [0.3, 0.4) is 0 Å². The molecule has 3 rings (SSSR count). The van der Waals surface area contributed by atoms with Crippen LogP contribution in [0.5, 0.6) is 0 Å². The fourth-order valence-electron chi connectivity index (χ4n) is 3.67. The predicted octanol–water partition coefficient (Wildman–Crippen LogP) is 3.02. The zero-order valence-electron chi connectivity index (χ0n) is 17.8. The highest BCUT2D eigenvalue weighted by molar-refractivity contribution is 5.80. The van der Waals surface area contributed by atoms with E-state index in [4.69, 9.17) is 4.42 Å². The fraction of sp³-hybridized carbons (Fsp3) is 0.522. The molecule has 1 aliphatic rings. The van der Waals surface area contributed by atoms with Crippen LogP contribution in [0.1, 0.15) is 43.6 Å². The minimum absolute atomic E-state index is 0.238. The quantitative estimate of drug-likeness (QED) is 0.494. The molecule has 0 aliphatic carbocycles. The van der Waals surface area contributed by atoms with E-state index < -0.39 is 5.60 Å². The molecule has 0 radical (unpaired) electrons. The van der Waals surface area contributed by atoms with Gasteiger partial charge >= 0.3 is 0 Å². The summed E-state index contributed by atoms with van der Waals surface area (Å²) < 4.78 is 5.34. The average molecular weight is 399 g/mol. The first-order chi connectivity index (χ1) is 14.0. The molecule has 1 fully saturated rings. The molecule has 1 unspecified atom stereocenters. The van der Waals surface area contributed by atoms with Crippen molar-refractivity contribution in [2.24, 2.45) is 4.99 Å². The van der Waals surface area contributed by atoms with Crippen LogP contribution in [0.4, 0.5) is 0 Å². The molecule has 1 aromatic carbocycles. The number of aliphatic imine (C=N–C) groups is 1. The second-order valence-electron chi connectivity index (χ2n) is 8.07. The number of hydrogen-bond donors (Lipinski definition) is 3. The topological polar surface area (TPSA) is 73.0 Å². The van der Waals surface area contributed by atoms with Crippen LogP contribution in [0.15, 0.2) is 52.1 Å². The molecule has 2 aromatic rings. The second kappa shape index (κ2) is 9.94. The van der Waals surface area contributed by atoms with Crippen LogP contribution in [-0.4, -0.2) is 48.2 Å². The zero-order valence-corrected chi connectivity index (χ0v) is 17.8. The van der Waals surface area contributed by atoms with Gasteiger partial charge in [-0.25, -0.2) is 4.99 Å². The van der Waals surface area contributed by atoms with Crippen LogP contribution >= 0.6 is 0 Å². The number of piperidine rings is 1. The number of nitrogens with zero attached hydrogens (tertiary/aromatic N) is 2. The molecule has 2 heterocycles. The maximum atomic E-state index is 10.6. The van der Waals surface area contributed by atoms with E-state index in [2.05, 4.69) is 51.7 Å². The Hall–Kier alpha value is -2.31. The maximum absolute atomic E-state index is 10.6. The molecule has 1 aromatic heterocycles. The van der Waals surface area contributed by atoms with Crippen LogP contribution in [-0.2, 0) is 12.1 Å². The lowest BCUT2D eigenvalue weighted by Crippen LogP contribution is -2.49. The third-order valence-corrected chi connectivity index (χ3v) is 5.52. The third-order valence-electron chi connectivity index (χ3n) is 5.52. The van der Waals surface area contributed by atoms with Gasteiger partial charge in [0.2, 0.25) is 0 Å². The summed E-state index contributed by atoms with van der Waals surface area (Å²) in [5.41, 5.74) is 1.65. The van der Waals surface area contributed by atoms with Gasteiger partial charge < -0.3 is 20.2 Å². The van der Waals surface area contributed by atoms with Gasteiger partial charge in [0.1, 0.15) is 11.4 Å². The third kappa shape index (κ3) is 6.08. The van der Waals surface area contributed by atoms with E-state index in [0.717, 1.165) is 45.0 Å². The van der Waals surface area contributed by atoms with Gasteiger partial charge in [0.15, 0.2) is 5.96 Å². The number of aliphatic hydroxyl groups is 1. The van der Waals surface area contributed by atoms with Crippen LogP contribution in [0.25, 0.3) is 0 Å². The number of benzene rings is 1. The highest BCUT2D eigenvalue weighted by Gasteiger charge is 2.26. The lowest BCUT2D eigenvalue weighted by Gasteiger charge is -2.33. The summed E-state index contributed by atoms with van der Waals surface area (Å²) in [4.78, 5) is 7.12. The Morgan fingerprint density at radius 1 is 1.24 bits per heavy atom. The van der Waals surface area contributed by atoms with E-state index in [9.17, 15) is 5.11 Å². The van der Waals surface area contributed by atoms with Crippen molar-refractivity contribution in [3.8, 4) is 0 Å². The lowest BCUT2D eigenvalue weighted by molar-refractivity contribution is 0.0436. The Morgan fingerprint density at radius 2 is 2.00 bits per heavy atom. The minimum Gasteiger partial charge on any atom is -0.466 e. The SMILES string of the molecule is CCNC(=NCC(C)(O)c1ccco1)NC1CCN(Cc2ccccc2C)CC1. The number of hydrogen-bond acceptors (Lipinski definition) is 4. The lowest BCUT2D eigenvalue weighted by atomic mass is 10.0. The van der Waals surface area contributed by atoms with Crippen molar-refractivity contribution >= 4 is 5.96 Å². The van der Waals surface area contributed by atoms with Crippen molar-refractivity contribution in [2.45, 2.75) is 51.8 Å². The van der Waals surface area contributed by atoms with E-state index in [1.54, 1.807) is 25.3 Å². The summed E-state index contributed by atoms with van der Waals surface area (Å²) >= 11 is 0. The molecule has 0 saturated carbocycles. The van der Waals surface area contributed by atoms with Crippen molar-refractivity contribution in [1.82, 2.24) is 15.5 Å². The largest absolute Gasteiger partial charge is 0.466 e. The van der Waals surface area contributed by atoms with Gasteiger partial charge in [0.25, 0.3) is 0 Å². The molecular formula is C23H34N4O2. The molecule has 158 valence electrons. The Morgan fingerprint density at radius 3 is 2.66 bits per heavy atom. The summed E-state index contributed by atoms with van der Waals surface area (Å²) in [5.74, 6) is 1.28. The van der Waals surface area contributed by atoms with Gasteiger partial charge in [0.05, 0.1) is 12.8 Å². The normalized spacial score (nSPS) is 18.4. The predicted molar refractivity (Wildman–Crippen MR) is 117 cm³/mol. The molecule has 3 N–H and O–H groups in total. The number of aryl methyl sites for hydroxylation is 1. The Labute approximate surface area is 174 Å². The minimum atomic E-state index is -1.12. The number of rotatable bonds is 7. The Bertz CT molecular complexity index is 778. The van der Waals surface area contributed by atoms with Gasteiger partial charge in [-0.1, -0.05) is 24.3 Å². The summed E-state index contributed by atoms with van der Waals surface area (Å²) in [6, 6.07) is 12.6. The molecule has 1 atom stereocenters. The second-order valence-corrected chi connectivity index (χ2v) is 8.07. The number of furan rings is 1. The van der Waals surface area contributed by atoms with E-state index >= 15 is 0 Å². The van der Waals surface area contributed by atoms with E-state index in [-0.39, 0.29) is 6.54 Å². The summed E-state index contributed by atoms with van der Waals surface area (Å²) in [6.45, 7) is 10.1. The highest BCUT2D eigenvalue weighted by Crippen LogP contribution is 2.21. The van der Waals surface area contributed by atoms with Gasteiger partial charge in [-0.05, 0) is 56.9 Å². The summed E-state index contributed by atoms with van der Waals surface area (Å²) in [7, 11) is 0. The molecule has 6 heteroatoms. The molecule has 1 saturated heterocycles. The Balaban J connectivity index is 1.52. The first-order valence-electron chi connectivity index (χ1n) is 10.6. The van der Waals surface area contributed by atoms with Gasteiger partial charge in [-0.3, -0.25) is 4.90 Å². The highest BCUT2D eigenvalue weighted by atomic mass is 16.4. The average Bonchev–Trinajstić information content (AvgIpc) is 3.26. The number of nitrogens with one attached hydrogen (secondary N) is 2. The molecule has 0 spiro atoms. The molecule has 0 amide bonds.